The Kier molecular flexibility index (Phi) is 4.49. The van der Waals surface area contributed by atoms with Crippen LogP contribution < -0.4 is 4.90 Å². The van der Waals surface area contributed by atoms with Gasteiger partial charge in [-0.15, -0.1) is 3.89 Å². The van der Waals surface area contributed by atoms with Crippen LogP contribution >= 0.6 is 34.8 Å². The Morgan fingerprint density at radius 1 is 1.25 bits per heavy atom. The average molecular weight is 361 g/mol. The number of hydrogen-bond donors (Lipinski definition) is 0. The summed E-state index contributed by atoms with van der Waals surface area (Å²) < 4.78 is 33.9. The summed E-state index contributed by atoms with van der Waals surface area (Å²) in [6.45, 7) is 0.0935. The first-order chi connectivity index (χ1) is 9.17. The molecule has 1 aliphatic heterocycles. The standard InChI is InChI=1S/C11H9Cl3FNO3S/c12-8-2-7(3-9(13)11(8)14)16-4-6(1-10(16)17)5-20(15,18)19/h2-3,6H,1,4-5H2. The molecule has 0 N–H and O–H groups in total. The normalized spacial score (nSPS) is 19.7. The van der Waals surface area contributed by atoms with E-state index < -0.39 is 21.9 Å². The average Bonchev–Trinajstić information content (AvgIpc) is 2.63. The molecule has 1 amide bonds. The monoisotopic (exact) mass is 359 g/mol. The molecule has 1 aliphatic rings. The number of carbonyl (C=O) groups excluding carboxylic acids is 1. The molecule has 1 fully saturated rings. The maximum atomic E-state index is 12.7. The van der Waals surface area contributed by atoms with Gasteiger partial charge in [0.15, 0.2) is 0 Å². The molecule has 1 unspecified atom stereocenters. The Morgan fingerprint density at radius 2 is 1.80 bits per heavy atom. The highest BCUT2D eigenvalue weighted by Gasteiger charge is 2.34. The van der Waals surface area contributed by atoms with E-state index in [1.54, 1.807) is 0 Å². The lowest BCUT2D eigenvalue weighted by atomic mass is 10.1. The van der Waals surface area contributed by atoms with Crippen molar-refractivity contribution in [2.24, 2.45) is 5.92 Å². The fourth-order valence-electron chi connectivity index (χ4n) is 2.12. The van der Waals surface area contributed by atoms with Crippen molar-refractivity contribution in [3.8, 4) is 0 Å². The Bertz CT molecular complexity index is 642. The number of nitrogens with zero attached hydrogens (tertiary/aromatic N) is 1. The van der Waals surface area contributed by atoms with E-state index in [9.17, 15) is 17.1 Å². The van der Waals surface area contributed by atoms with Gasteiger partial charge in [0, 0.05) is 24.6 Å². The first kappa shape index (κ1) is 15.8. The number of anilines is 1. The van der Waals surface area contributed by atoms with Crippen LogP contribution in [0.5, 0.6) is 0 Å². The molecule has 1 heterocycles. The summed E-state index contributed by atoms with van der Waals surface area (Å²) in [5.74, 6) is -1.58. The Labute approximate surface area is 130 Å². The van der Waals surface area contributed by atoms with Crippen LogP contribution in [0.2, 0.25) is 15.1 Å². The third-order valence-corrected chi connectivity index (χ3v) is 4.99. The van der Waals surface area contributed by atoms with E-state index in [1.165, 1.54) is 17.0 Å². The number of carbonyl (C=O) groups is 1. The van der Waals surface area contributed by atoms with Gasteiger partial charge >= 0.3 is 10.2 Å². The zero-order chi connectivity index (χ0) is 15.1. The van der Waals surface area contributed by atoms with Crippen LogP contribution in [0.1, 0.15) is 6.42 Å². The molecule has 2 rings (SSSR count). The largest absolute Gasteiger partial charge is 0.312 e. The lowest BCUT2D eigenvalue weighted by Crippen LogP contribution is -2.25. The van der Waals surface area contributed by atoms with Crippen molar-refractivity contribution in [1.82, 2.24) is 0 Å². The van der Waals surface area contributed by atoms with Crippen molar-refractivity contribution in [2.75, 3.05) is 17.2 Å². The van der Waals surface area contributed by atoms with Crippen molar-refractivity contribution in [2.45, 2.75) is 6.42 Å². The quantitative estimate of drug-likeness (QED) is 0.614. The van der Waals surface area contributed by atoms with E-state index in [4.69, 9.17) is 34.8 Å². The van der Waals surface area contributed by atoms with Crippen LogP contribution in [-0.2, 0) is 15.0 Å². The SMILES string of the molecule is O=C1CC(CS(=O)(=O)F)CN1c1cc(Cl)c(Cl)c(Cl)c1. The van der Waals surface area contributed by atoms with Crippen molar-refractivity contribution in [1.29, 1.82) is 0 Å². The number of benzene rings is 1. The molecule has 0 bridgehead atoms. The number of rotatable bonds is 3. The number of hydrogen-bond acceptors (Lipinski definition) is 3. The molecule has 0 spiro atoms. The molecule has 0 radical (unpaired) electrons. The van der Waals surface area contributed by atoms with Crippen LogP contribution in [0.25, 0.3) is 0 Å². The van der Waals surface area contributed by atoms with Crippen molar-refractivity contribution >= 4 is 56.6 Å². The van der Waals surface area contributed by atoms with Crippen LogP contribution in [0, 0.1) is 5.92 Å². The Balaban J connectivity index is 2.24. The first-order valence-electron chi connectivity index (χ1n) is 5.54. The van der Waals surface area contributed by atoms with Gasteiger partial charge in [0.05, 0.1) is 20.8 Å². The molecule has 1 aromatic carbocycles. The molecule has 20 heavy (non-hydrogen) atoms. The molecule has 4 nitrogen and oxygen atoms in total. The second kappa shape index (κ2) is 5.67. The van der Waals surface area contributed by atoms with Gasteiger partial charge in [-0.05, 0) is 12.1 Å². The van der Waals surface area contributed by atoms with Gasteiger partial charge in [-0.3, -0.25) is 4.79 Å². The molecule has 0 aromatic heterocycles. The number of amides is 1. The van der Waals surface area contributed by atoms with E-state index in [0.717, 1.165) is 0 Å². The van der Waals surface area contributed by atoms with E-state index in [2.05, 4.69) is 0 Å². The molecule has 1 atom stereocenters. The summed E-state index contributed by atoms with van der Waals surface area (Å²) in [5.41, 5.74) is 0.410. The van der Waals surface area contributed by atoms with Crippen LogP contribution in [0.3, 0.4) is 0 Å². The fraction of sp³-hybridized carbons (Fsp3) is 0.364. The van der Waals surface area contributed by atoms with E-state index >= 15 is 0 Å². The minimum atomic E-state index is -4.61. The van der Waals surface area contributed by atoms with Gasteiger partial charge in [-0.2, -0.15) is 8.42 Å². The van der Waals surface area contributed by atoms with E-state index in [1.807, 2.05) is 0 Å². The maximum absolute atomic E-state index is 12.7. The second-order valence-corrected chi connectivity index (χ2v) is 7.11. The minimum Gasteiger partial charge on any atom is -0.312 e. The summed E-state index contributed by atoms with van der Waals surface area (Å²) in [6.07, 6.45) is -0.0407. The summed E-state index contributed by atoms with van der Waals surface area (Å²) in [6, 6.07) is 2.92. The molecule has 1 saturated heterocycles. The van der Waals surface area contributed by atoms with Gasteiger partial charge in [0.2, 0.25) is 5.91 Å². The number of halogens is 4. The molecule has 0 aliphatic carbocycles. The van der Waals surface area contributed by atoms with Gasteiger partial charge in [0.25, 0.3) is 0 Å². The Hall–Kier alpha value is -0.560. The predicted octanol–water partition coefficient (Wildman–Crippen LogP) is 3.30. The van der Waals surface area contributed by atoms with E-state index in [-0.39, 0.29) is 33.9 Å². The topological polar surface area (TPSA) is 54.5 Å². The van der Waals surface area contributed by atoms with Gasteiger partial charge in [0.1, 0.15) is 0 Å². The molecule has 110 valence electrons. The molecule has 9 heteroatoms. The smallest absolute Gasteiger partial charge is 0.302 e. The van der Waals surface area contributed by atoms with Crippen molar-refractivity contribution in [3.63, 3.8) is 0 Å². The minimum absolute atomic E-state index is 0.0407. The molecular weight excluding hydrogens is 352 g/mol. The van der Waals surface area contributed by atoms with Gasteiger partial charge < -0.3 is 4.90 Å². The zero-order valence-corrected chi connectivity index (χ0v) is 13.0. The second-order valence-electron chi connectivity index (χ2n) is 4.50. The highest BCUT2D eigenvalue weighted by molar-refractivity contribution is 7.86. The lowest BCUT2D eigenvalue weighted by Gasteiger charge is -2.17. The van der Waals surface area contributed by atoms with Gasteiger partial charge in [-0.25, -0.2) is 0 Å². The highest BCUT2D eigenvalue weighted by Crippen LogP contribution is 2.36. The van der Waals surface area contributed by atoms with Crippen LogP contribution in [0.4, 0.5) is 9.57 Å². The summed E-state index contributed by atoms with van der Waals surface area (Å²) in [5, 5.41) is 0.540. The van der Waals surface area contributed by atoms with Crippen LogP contribution in [-0.4, -0.2) is 26.6 Å². The lowest BCUT2D eigenvalue weighted by molar-refractivity contribution is -0.117. The van der Waals surface area contributed by atoms with Crippen molar-refractivity contribution in [3.05, 3.63) is 27.2 Å². The zero-order valence-electron chi connectivity index (χ0n) is 9.95. The predicted molar refractivity (Wildman–Crippen MR) is 76.8 cm³/mol. The first-order valence-corrected chi connectivity index (χ1v) is 8.23. The van der Waals surface area contributed by atoms with Gasteiger partial charge in [-0.1, -0.05) is 34.8 Å². The molecule has 0 saturated carbocycles. The molecule has 1 aromatic rings. The maximum Gasteiger partial charge on any atom is 0.302 e. The highest BCUT2D eigenvalue weighted by atomic mass is 35.5. The fourth-order valence-corrected chi connectivity index (χ4v) is 3.49. The molecular formula is C11H9Cl3FNO3S. The van der Waals surface area contributed by atoms with Crippen molar-refractivity contribution < 1.29 is 17.1 Å². The Morgan fingerprint density at radius 3 is 2.30 bits per heavy atom. The third-order valence-electron chi connectivity index (χ3n) is 2.92. The van der Waals surface area contributed by atoms with E-state index in [0.29, 0.717) is 5.69 Å². The van der Waals surface area contributed by atoms with Crippen LogP contribution in [0.15, 0.2) is 12.1 Å². The summed E-state index contributed by atoms with van der Waals surface area (Å²) >= 11 is 17.6. The summed E-state index contributed by atoms with van der Waals surface area (Å²) in [4.78, 5) is 13.2. The summed E-state index contributed by atoms with van der Waals surface area (Å²) in [7, 11) is -4.61. The third kappa shape index (κ3) is 3.55.